The molecule has 0 saturated heterocycles. The number of nitrogens with zero attached hydrogens (tertiary/aromatic N) is 1. The van der Waals surface area contributed by atoms with Gasteiger partial charge < -0.3 is 4.90 Å². The van der Waals surface area contributed by atoms with Crippen molar-refractivity contribution in [3.05, 3.63) is 103 Å². The van der Waals surface area contributed by atoms with Crippen LogP contribution in [0.2, 0.25) is 0 Å². The van der Waals surface area contributed by atoms with Crippen LogP contribution < -0.4 is 4.90 Å². The Balaban J connectivity index is 1.86. The molecule has 1 atom stereocenters. The first kappa shape index (κ1) is 16.3. The van der Waals surface area contributed by atoms with Gasteiger partial charge in [0.2, 0.25) is 5.91 Å². The Morgan fingerprint density at radius 2 is 1.50 bits per heavy atom. The SMILES string of the molecule is C=CC[C@]1(c2ccc(-c3ccccc3)cc2)C(=O)N(C)c2ccccc21. The van der Waals surface area contributed by atoms with Crippen LogP contribution in [0.25, 0.3) is 11.1 Å². The van der Waals surface area contributed by atoms with Crippen LogP contribution in [0.5, 0.6) is 0 Å². The average molecular weight is 339 g/mol. The lowest BCUT2D eigenvalue weighted by Crippen LogP contribution is -2.39. The van der Waals surface area contributed by atoms with Gasteiger partial charge in [-0.15, -0.1) is 6.58 Å². The molecule has 4 rings (SSSR count). The Morgan fingerprint density at radius 3 is 2.19 bits per heavy atom. The molecule has 0 radical (unpaired) electrons. The first-order valence-corrected chi connectivity index (χ1v) is 8.83. The zero-order chi connectivity index (χ0) is 18.1. The minimum Gasteiger partial charge on any atom is -0.314 e. The maximum Gasteiger partial charge on any atom is 0.242 e. The molecule has 0 aliphatic carbocycles. The number of carbonyl (C=O) groups excluding carboxylic acids is 1. The minimum atomic E-state index is -0.692. The molecule has 2 nitrogen and oxygen atoms in total. The number of likely N-dealkylation sites (N-methyl/N-ethyl adjacent to an activating group) is 1. The van der Waals surface area contributed by atoms with E-state index in [1.54, 1.807) is 4.90 Å². The largest absolute Gasteiger partial charge is 0.314 e. The molecule has 0 unspecified atom stereocenters. The van der Waals surface area contributed by atoms with Gasteiger partial charge in [-0.2, -0.15) is 0 Å². The molecule has 0 saturated carbocycles. The summed E-state index contributed by atoms with van der Waals surface area (Å²) in [5, 5.41) is 0. The Bertz CT molecular complexity index is 959. The highest BCUT2D eigenvalue weighted by molar-refractivity contribution is 6.10. The van der Waals surface area contributed by atoms with Gasteiger partial charge in [-0.25, -0.2) is 0 Å². The fourth-order valence-corrected chi connectivity index (χ4v) is 4.03. The van der Waals surface area contributed by atoms with E-state index in [1.807, 2.05) is 49.5 Å². The van der Waals surface area contributed by atoms with Crippen LogP contribution in [0.4, 0.5) is 5.69 Å². The molecular weight excluding hydrogens is 318 g/mol. The molecule has 0 N–H and O–H groups in total. The number of benzene rings is 3. The van der Waals surface area contributed by atoms with Crippen LogP contribution in [0.1, 0.15) is 17.5 Å². The quantitative estimate of drug-likeness (QED) is 0.599. The lowest BCUT2D eigenvalue weighted by atomic mass is 9.72. The summed E-state index contributed by atoms with van der Waals surface area (Å²) >= 11 is 0. The van der Waals surface area contributed by atoms with E-state index < -0.39 is 5.41 Å². The van der Waals surface area contributed by atoms with Crippen molar-refractivity contribution in [2.45, 2.75) is 11.8 Å². The predicted molar refractivity (Wildman–Crippen MR) is 107 cm³/mol. The first-order valence-electron chi connectivity index (χ1n) is 8.83. The molecule has 1 amide bonds. The summed E-state index contributed by atoms with van der Waals surface area (Å²) in [5.74, 6) is 0.103. The number of anilines is 1. The van der Waals surface area contributed by atoms with Crippen molar-refractivity contribution in [2.75, 3.05) is 11.9 Å². The molecule has 0 spiro atoms. The van der Waals surface area contributed by atoms with Gasteiger partial charge >= 0.3 is 0 Å². The molecule has 26 heavy (non-hydrogen) atoms. The number of hydrogen-bond donors (Lipinski definition) is 0. The summed E-state index contributed by atoms with van der Waals surface area (Å²) < 4.78 is 0. The number of amides is 1. The Morgan fingerprint density at radius 1 is 0.885 bits per heavy atom. The molecule has 0 fully saturated rings. The van der Waals surface area contributed by atoms with Crippen LogP contribution >= 0.6 is 0 Å². The number of allylic oxidation sites excluding steroid dienone is 1. The number of rotatable bonds is 4. The number of carbonyl (C=O) groups is 1. The van der Waals surface area contributed by atoms with Gasteiger partial charge in [0, 0.05) is 12.7 Å². The molecule has 128 valence electrons. The van der Waals surface area contributed by atoms with Gasteiger partial charge in [-0.3, -0.25) is 4.79 Å². The van der Waals surface area contributed by atoms with E-state index in [4.69, 9.17) is 0 Å². The van der Waals surface area contributed by atoms with Gasteiger partial charge in [-0.1, -0.05) is 78.9 Å². The second kappa shape index (κ2) is 6.30. The second-order valence-corrected chi connectivity index (χ2v) is 6.72. The van der Waals surface area contributed by atoms with Crippen molar-refractivity contribution in [3.63, 3.8) is 0 Å². The minimum absolute atomic E-state index is 0.103. The number of hydrogen-bond acceptors (Lipinski definition) is 1. The molecule has 1 aliphatic heterocycles. The fraction of sp³-hybridized carbons (Fsp3) is 0.125. The highest BCUT2D eigenvalue weighted by atomic mass is 16.2. The third kappa shape index (κ3) is 2.30. The summed E-state index contributed by atoms with van der Waals surface area (Å²) in [6, 6.07) is 26.7. The van der Waals surface area contributed by atoms with Crippen LogP contribution in [0.15, 0.2) is 91.5 Å². The van der Waals surface area contributed by atoms with E-state index in [1.165, 1.54) is 5.56 Å². The molecule has 3 aromatic carbocycles. The predicted octanol–water partition coefficient (Wildman–Crippen LogP) is 5.19. The maximum atomic E-state index is 13.3. The van der Waals surface area contributed by atoms with E-state index in [0.717, 1.165) is 22.4 Å². The summed E-state index contributed by atoms with van der Waals surface area (Å²) in [6.07, 6.45) is 2.43. The lowest BCUT2D eigenvalue weighted by molar-refractivity contribution is -0.121. The standard InChI is InChI=1S/C24H21NO/c1-3-17-24(21-11-7-8-12-22(21)25(2)23(24)26)20-15-13-19(14-16-20)18-9-5-4-6-10-18/h3-16H,1,17H2,2H3/t24-/m1/s1. The fourth-order valence-electron chi connectivity index (χ4n) is 4.03. The summed E-state index contributed by atoms with van der Waals surface area (Å²) in [7, 11) is 1.85. The van der Waals surface area contributed by atoms with Crippen molar-refractivity contribution in [1.82, 2.24) is 0 Å². The topological polar surface area (TPSA) is 20.3 Å². The lowest BCUT2D eigenvalue weighted by Gasteiger charge is -2.28. The van der Waals surface area contributed by atoms with Gasteiger partial charge in [0.1, 0.15) is 5.41 Å². The molecule has 0 bridgehead atoms. The van der Waals surface area contributed by atoms with Crippen molar-refractivity contribution in [3.8, 4) is 11.1 Å². The van der Waals surface area contributed by atoms with Gasteiger partial charge in [-0.05, 0) is 34.7 Å². The molecule has 1 aliphatic rings. The Labute approximate surface area is 154 Å². The third-order valence-corrected chi connectivity index (χ3v) is 5.33. The van der Waals surface area contributed by atoms with Crippen LogP contribution in [0, 0.1) is 0 Å². The van der Waals surface area contributed by atoms with E-state index in [-0.39, 0.29) is 5.91 Å². The van der Waals surface area contributed by atoms with Crippen molar-refractivity contribution >= 4 is 11.6 Å². The van der Waals surface area contributed by atoms with Crippen LogP contribution in [0.3, 0.4) is 0 Å². The van der Waals surface area contributed by atoms with Crippen molar-refractivity contribution < 1.29 is 4.79 Å². The second-order valence-electron chi connectivity index (χ2n) is 6.72. The van der Waals surface area contributed by atoms with E-state index >= 15 is 0 Å². The molecule has 3 aromatic rings. The zero-order valence-electron chi connectivity index (χ0n) is 14.9. The molecule has 1 heterocycles. The van der Waals surface area contributed by atoms with E-state index in [9.17, 15) is 4.79 Å². The van der Waals surface area contributed by atoms with Crippen LogP contribution in [-0.2, 0) is 10.2 Å². The number of fused-ring (bicyclic) bond motifs is 1. The van der Waals surface area contributed by atoms with Gasteiger partial charge in [0.15, 0.2) is 0 Å². The number of para-hydroxylation sites is 1. The third-order valence-electron chi connectivity index (χ3n) is 5.33. The maximum absolute atomic E-state index is 13.3. The zero-order valence-corrected chi connectivity index (χ0v) is 14.9. The average Bonchev–Trinajstić information content (AvgIpc) is 2.92. The van der Waals surface area contributed by atoms with E-state index in [0.29, 0.717) is 6.42 Å². The highest BCUT2D eigenvalue weighted by Gasteiger charge is 2.49. The highest BCUT2D eigenvalue weighted by Crippen LogP contribution is 2.48. The first-order chi connectivity index (χ1) is 12.7. The van der Waals surface area contributed by atoms with Crippen molar-refractivity contribution in [1.29, 1.82) is 0 Å². The molecule has 2 heteroatoms. The summed E-state index contributed by atoms with van der Waals surface area (Å²) in [5.41, 5.74) is 4.68. The van der Waals surface area contributed by atoms with Gasteiger partial charge in [0.25, 0.3) is 0 Å². The summed E-state index contributed by atoms with van der Waals surface area (Å²) in [4.78, 5) is 15.1. The smallest absolute Gasteiger partial charge is 0.242 e. The van der Waals surface area contributed by atoms with Crippen molar-refractivity contribution in [2.24, 2.45) is 0 Å². The Kier molecular flexibility index (Phi) is 3.96. The normalized spacial score (nSPS) is 18.7. The molecule has 0 aromatic heterocycles. The monoisotopic (exact) mass is 339 g/mol. The van der Waals surface area contributed by atoms with Gasteiger partial charge in [0.05, 0.1) is 0 Å². The van der Waals surface area contributed by atoms with Crippen LogP contribution in [-0.4, -0.2) is 13.0 Å². The summed E-state index contributed by atoms with van der Waals surface area (Å²) in [6.45, 7) is 3.92. The molecular formula is C24H21NO. The van der Waals surface area contributed by atoms with E-state index in [2.05, 4.69) is 49.0 Å². The Hall–Kier alpha value is -3.13.